The molecule has 0 fully saturated rings. The molecule has 0 radical (unpaired) electrons. The molecule has 0 aromatic heterocycles. The van der Waals surface area contributed by atoms with Gasteiger partial charge in [-0.2, -0.15) is 11.8 Å². The number of carbonyl (C=O) groups excluding carboxylic acids is 1. The van der Waals surface area contributed by atoms with Crippen LogP contribution in [0.1, 0.15) is 18.5 Å². The predicted molar refractivity (Wildman–Crippen MR) is 79.1 cm³/mol. The van der Waals surface area contributed by atoms with Gasteiger partial charge in [-0.1, -0.05) is 12.1 Å². The summed E-state index contributed by atoms with van der Waals surface area (Å²) in [6, 6.07) is 7.51. The Hall–Kier alpha value is -1.20. The molecule has 1 rings (SSSR count). The number of nitrogens with two attached hydrogens (primary N) is 1. The number of carbonyl (C=O) groups is 1. The number of benzene rings is 1. The molecular formula is C13H21N3OS. The second-order valence-corrected chi connectivity index (χ2v) is 5.24. The van der Waals surface area contributed by atoms with Crippen LogP contribution in [0.4, 0.5) is 10.5 Å². The van der Waals surface area contributed by atoms with E-state index in [4.69, 9.17) is 5.73 Å². The molecule has 0 aliphatic carbocycles. The molecule has 0 bridgehead atoms. The van der Waals surface area contributed by atoms with Crippen LogP contribution in [0, 0.1) is 0 Å². The SMILES string of the molecule is CSCCN(C)C(=O)Nc1cccc(C(C)N)c1. The Balaban J connectivity index is 2.61. The lowest BCUT2D eigenvalue weighted by atomic mass is 10.1. The second-order valence-electron chi connectivity index (χ2n) is 4.26. The first-order chi connectivity index (χ1) is 8.54. The zero-order valence-corrected chi connectivity index (χ0v) is 12.0. The minimum absolute atomic E-state index is 0.0314. The van der Waals surface area contributed by atoms with E-state index in [2.05, 4.69) is 5.32 Å². The molecule has 1 unspecified atom stereocenters. The van der Waals surface area contributed by atoms with Gasteiger partial charge in [-0.05, 0) is 30.9 Å². The van der Waals surface area contributed by atoms with Gasteiger partial charge in [0.25, 0.3) is 0 Å². The topological polar surface area (TPSA) is 58.4 Å². The molecule has 5 heteroatoms. The Bertz CT molecular complexity index is 396. The molecule has 0 saturated heterocycles. The number of amides is 2. The van der Waals surface area contributed by atoms with Crippen molar-refractivity contribution in [2.24, 2.45) is 5.73 Å². The van der Waals surface area contributed by atoms with Crippen molar-refractivity contribution < 1.29 is 4.79 Å². The van der Waals surface area contributed by atoms with Crippen molar-refractivity contribution in [1.29, 1.82) is 0 Å². The Morgan fingerprint density at radius 3 is 2.89 bits per heavy atom. The van der Waals surface area contributed by atoms with E-state index in [1.54, 1.807) is 23.7 Å². The van der Waals surface area contributed by atoms with Crippen LogP contribution in [-0.2, 0) is 0 Å². The highest BCUT2D eigenvalue weighted by Gasteiger charge is 2.08. The molecule has 0 aliphatic heterocycles. The number of urea groups is 1. The van der Waals surface area contributed by atoms with E-state index in [0.29, 0.717) is 0 Å². The van der Waals surface area contributed by atoms with Crippen LogP contribution in [0.3, 0.4) is 0 Å². The monoisotopic (exact) mass is 267 g/mol. The Labute approximate surface area is 113 Å². The summed E-state index contributed by atoms with van der Waals surface area (Å²) < 4.78 is 0. The van der Waals surface area contributed by atoms with Crippen molar-refractivity contribution in [2.75, 3.05) is 30.9 Å². The standard InChI is InChI=1S/C13H21N3OS/c1-10(14)11-5-4-6-12(9-11)15-13(17)16(2)7-8-18-3/h4-6,9-10H,7-8,14H2,1-3H3,(H,15,17). The molecule has 0 heterocycles. The molecule has 1 aromatic carbocycles. The fourth-order valence-electron chi connectivity index (χ4n) is 1.45. The van der Waals surface area contributed by atoms with Crippen molar-refractivity contribution in [3.63, 3.8) is 0 Å². The molecule has 4 nitrogen and oxygen atoms in total. The Kier molecular flexibility index (Phi) is 6.01. The van der Waals surface area contributed by atoms with Gasteiger partial charge in [0.15, 0.2) is 0 Å². The third-order valence-corrected chi connectivity index (χ3v) is 3.23. The molecule has 1 aromatic rings. The normalized spacial score (nSPS) is 12.0. The molecule has 0 aliphatic rings. The summed E-state index contributed by atoms with van der Waals surface area (Å²) in [6.07, 6.45) is 2.03. The van der Waals surface area contributed by atoms with E-state index >= 15 is 0 Å². The average molecular weight is 267 g/mol. The number of nitrogens with zero attached hydrogens (tertiary/aromatic N) is 1. The number of hydrogen-bond acceptors (Lipinski definition) is 3. The van der Waals surface area contributed by atoms with Gasteiger partial charge in [0.1, 0.15) is 0 Å². The largest absolute Gasteiger partial charge is 0.327 e. The van der Waals surface area contributed by atoms with Crippen LogP contribution in [-0.4, -0.2) is 36.5 Å². The highest BCUT2D eigenvalue weighted by atomic mass is 32.2. The maximum absolute atomic E-state index is 11.9. The first-order valence-electron chi connectivity index (χ1n) is 5.91. The highest BCUT2D eigenvalue weighted by Crippen LogP contribution is 2.15. The van der Waals surface area contributed by atoms with Gasteiger partial charge in [-0.15, -0.1) is 0 Å². The molecule has 2 amide bonds. The van der Waals surface area contributed by atoms with Gasteiger partial charge in [0, 0.05) is 31.1 Å². The highest BCUT2D eigenvalue weighted by molar-refractivity contribution is 7.98. The summed E-state index contributed by atoms with van der Waals surface area (Å²) in [4.78, 5) is 13.5. The molecule has 0 spiro atoms. The van der Waals surface area contributed by atoms with Crippen molar-refractivity contribution in [1.82, 2.24) is 4.90 Å². The minimum atomic E-state index is -0.0918. The minimum Gasteiger partial charge on any atom is -0.327 e. The fraction of sp³-hybridized carbons (Fsp3) is 0.462. The first-order valence-corrected chi connectivity index (χ1v) is 7.30. The lowest BCUT2D eigenvalue weighted by Gasteiger charge is -2.18. The van der Waals surface area contributed by atoms with Crippen molar-refractivity contribution in [3.8, 4) is 0 Å². The van der Waals surface area contributed by atoms with Crippen molar-refractivity contribution in [2.45, 2.75) is 13.0 Å². The zero-order chi connectivity index (χ0) is 13.5. The molecule has 1 atom stereocenters. The van der Waals surface area contributed by atoms with Crippen LogP contribution >= 0.6 is 11.8 Å². The summed E-state index contributed by atoms with van der Waals surface area (Å²) in [6.45, 7) is 2.66. The third kappa shape index (κ3) is 4.58. The van der Waals surface area contributed by atoms with Gasteiger partial charge >= 0.3 is 6.03 Å². The van der Waals surface area contributed by atoms with E-state index in [1.807, 2.05) is 37.4 Å². The number of thioether (sulfide) groups is 1. The number of hydrogen-bond donors (Lipinski definition) is 2. The van der Waals surface area contributed by atoms with Crippen LogP contribution in [0.25, 0.3) is 0 Å². The van der Waals surface area contributed by atoms with Gasteiger partial charge in [0.2, 0.25) is 0 Å². The summed E-state index contributed by atoms with van der Waals surface area (Å²) in [5.74, 6) is 0.934. The van der Waals surface area contributed by atoms with Crippen molar-refractivity contribution >= 4 is 23.5 Å². The smallest absolute Gasteiger partial charge is 0.321 e. The van der Waals surface area contributed by atoms with Crippen LogP contribution < -0.4 is 11.1 Å². The lowest BCUT2D eigenvalue weighted by molar-refractivity contribution is 0.225. The van der Waals surface area contributed by atoms with Crippen LogP contribution in [0.15, 0.2) is 24.3 Å². The maximum Gasteiger partial charge on any atom is 0.321 e. The van der Waals surface area contributed by atoms with Gasteiger partial charge in [-0.25, -0.2) is 4.79 Å². The summed E-state index contributed by atoms with van der Waals surface area (Å²) in [5, 5.41) is 2.87. The summed E-state index contributed by atoms with van der Waals surface area (Å²) in [5.41, 5.74) is 7.61. The van der Waals surface area contributed by atoms with E-state index in [-0.39, 0.29) is 12.1 Å². The Morgan fingerprint density at radius 1 is 1.56 bits per heavy atom. The number of nitrogens with one attached hydrogen (secondary N) is 1. The summed E-state index contributed by atoms with van der Waals surface area (Å²) in [7, 11) is 1.79. The fourth-order valence-corrected chi connectivity index (χ4v) is 1.90. The van der Waals surface area contributed by atoms with E-state index < -0.39 is 0 Å². The van der Waals surface area contributed by atoms with Crippen LogP contribution in [0.5, 0.6) is 0 Å². The summed E-state index contributed by atoms with van der Waals surface area (Å²) >= 11 is 1.72. The second kappa shape index (κ2) is 7.28. The van der Waals surface area contributed by atoms with E-state index in [1.165, 1.54) is 0 Å². The van der Waals surface area contributed by atoms with Gasteiger partial charge in [0.05, 0.1) is 0 Å². The first kappa shape index (κ1) is 14.9. The lowest BCUT2D eigenvalue weighted by Crippen LogP contribution is -2.33. The Morgan fingerprint density at radius 2 is 2.28 bits per heavy atom. The predicted octanol–water partition coefficient (Wildman–Crippen LogP) is 2.53. The van der Waals surface area contributed by atoms with Gasteiger partial charge < -0.3 is 16.0 Å². The molecular weight excluding hydrogens is 246 g/mol. The molecule has 100 valence electrons. The molecule has 3 N–H and O–H groups in total. The van der Waals surface area contributed by atoms with Crippen LogP contribution in [0.2, 0.25) is 0 Å². The van der Waals surface area contributed by atoms with Crippen molar-refractivity contribution in [3.05, 3.63) is 29.8 Å². The van der Waals surface area contributed by atoms with Gasteiger partial charge in [-0.3, -0.25) is 0 Å². The van der Waals surface area contributed by atoms with E-state index in [0.717, 1.165) is 23.5 Å². The average Bonchev–Trinajstić information content (AvgIpc) is 2.36. The third-order valence-electron chi connectivity index (χ3n) is 2.64. The maximum atomic E-state index is 11.9. The number of anilines is 1. The zero-order valence-electron chi connectivity index (χ0n) is 11.1. The molecule has 0 saturated carbocycles. The quantitative estimate of drug-likeness (QED) is 0.862. The number of rotatable bonds is 5. The molecule has 18 heavy (non-hydrogen) atoms. The van der Waals surface area contributed by atoms with E-state index in [9.17, 15) is 4.79 Å².